The number of carbonyl (C=O) groups is 1. The van der Waals surface area contributed by atoms with Gasteiger partial charge in [0.15, 0.2) is 0 Å². The average molecular weight is 489 g/mol. The summed E-state index contributed by atoms with van der Waals surface area (Å²) in [6, 6.07) is 4.72. The second kappa shape index (κ2) is 13.2. The first-order chi connectivity index (χ1) is 15.7. The molecule has 2 rings (SSSR count). The van der Waals surface area contributed by atoms with Crippen molar-refractivity contribution >= 4 is 23.1 Å². The highest BCUT2D eigenvalue weighted by molar-refractivity contribution is 7.92. The van der Waals surface area contributed by atoms with Gasteiger partial charge in [-0.25, -0.2) is 4.79 Å². The number of piperidine rings is 1. The highest BCUT2D eigenvalue weighted by Gasteiger charge is 2.32. The molecule has 1 saturated heterocycles. The van der Waals surface area contributed by atoms with Gasteiger partial charge in [0, 0.05) is 44.0 Å². The van der Waals surface area contributed by atoms with Crippen LogP contribution in [0.1, 0.15) is 51.5 Å². The fourth-order valence-corrected chi connectivity index (χ4v) is 4.60. The van der Waals surface area contributed by atoms with Crippen LogP contribution in [0.3, 0.4) is 0 Å². The lowest BCUT2D eigenvalue weighted by molar-refractivity contribution is -0.137. The maximum absolute atomic E-state index is 13.1. The van der Waals surface area contributed by atoms with E-state index in [4.69, 9.17) is 0 Å². The highest BCUT2D eigenvalue weighted by atomic mass is 32.2. The molecule has 0 saturated carbocycles. The molecule has 1 aliphatic heterocycles. The molecule has 1 aromatic rings. The molecule has 6 nitrogen and oxygen atoms in total. The van der Waals surface area contributed by atoms with Crippen LogP contribution >= 0.6 is 0 Å². The lowest BCUT2D eigenvalue weighted by Gasteiger charge is -2.40. The number of halogens is 3. The van der Waals surface area contributed by atoms with E-state index in [0.29, 0.717) is 25.6 Å². The molecule has 10 heteroatoms. The summed E-state index contributed by atoms with van der Waals surface area (Å²) in [5.74, 6) is 0. The molecule has 0 aliphatic carbocycles. The van der Waals surface area contributed by atoms with Crippen LogP contribution in [0.4, 0.5) is 23.7 Å². The van der Waals surface area contributed by atoms with E-state index in [9.17, 15) is 22.5 Å². The second-order valence-electron chi connectivity index (χ2n) is 8.32. The smallest absolute Gasteiger partial charge is 0.416 e. The number of carbonyl (C=O) groups excluding carboxylic acids is 1. The first kappa shape index (κ1) is 27.5. The lowest BCUT2D eigenvalue weighted by atomic mass is 10.0. The molecule has 1 heterocycles. The van der Waals surface area contributed by atoms with Gasteiger partial charge in [-0.3, -0.25) is 0 Å². The van der Waals surface area contributed by atoms with Gasteiger partial charge in [-0.2, -0.15) is 13.2 Å². The summed E-state index contributed by atoms with van der Waals surface area (Å²) in [7, 11) is 0. The fourth-order valence-electron chi connectivity index (χ4n) is 4.14. The summed E-state index contributed by atoms with van der Waals surface area (Å²) in [5, 5.41) is 3.94. The summed E-state index contributed by atoms with van der Waals surface area (Å²) in [6.07, 6.45) is -0.0780. The van der Waals surface area contributed by atoms with Gasteiger partial charge in [0.25, 0.3) is 0 Å². The summed E-state index contributed by atoms with van der Waals surface area (Å²) >= 11 is -1.33. The van der Waals surface area contributed by atoms with E-state index in [1.54, 1.807) is 4.90 Å². The van der Waals surface area contributed by atoms with Crippen molar-refractivity contribution in [1.29, 1.82) is 0 Å². The van der Waals surface area contributed by atoms with Crippen molar-refractivity contribution in [3.63, 3.8) is 0 Å². The topological polar surface area (TPSA) is 70.7 Å². The Morgan fingerprint density at radius 2 is 2.09 bits per heavy atom. The number of amides is 2. The Morgan fingerprint density at radius 1 is 1.39 bits per heavy atom. The predicted octanol–water partition coefficient (Wildman–Crippen LogP) is 4.98. The Kier molecular flexibility index (Phi) is 11.0. The number of likely N-dealkylation sites (tertiary alicyclic amines) is 1. The minimum absolute atomic E-state index is 0.00854. The maximum Gasteiger partial charge on any atom is 0.416 e. The van der Waals surface area contributed by atoms with Gasteiger partial charge in [-0.15, -0.1) is 4.72 Å². The third-order valence-corrected chi connectivity index (χ3v) is 6.73. The lowest BCUT2D eigenvalue weighted by Crippen LogP contribution is -2.51. The number of alkyl halides is 3. The Hall–Kier alpha value is -1.75. The monoisotopic (exact) mass is 488 g/mol. The first-order valence-corrected chi connectivity index (χ1v) is 12.6. The number of benzene rings is 1. The van der Waals surface area contributed by atoms with Gasteiger partial charge in [-0.1, -0.05) is 19.4 Å². The standard InChI is InChI=1S/C23H35F3N4O2S/c1-4-8-18(3)29-15-11-21(12-16-29)30(14-7-13-27-33(32)5-2)22(31)28-20-10-6-9-19(17-20)23(24,25)26/h5-6,9-10,17-18,21,27H,2,4,7-8,11-16H2,1,3H3,(H,28,31). The third-order valence-electron chi connectivity index (χ3n) is 5.94. The van der Waals surface area contributed by atoms with Crippen molar-refractivity contribution in [2.45, 2.75) is 64.2 Å². The van der Waals surface area contributed by atoms with Crippen LogP contribution in [0.5, 0.6) is 0 Å². The van der Waals surface area contributed by atoms with Crippen LogP contribution < -0.4 is 10.0 Å². The van der Waals surface area contributed by atoms with E-state index in [1.165, 1.54) is 17.5 Å². The number of urea groups is 1. The van der Waals surface area contributed by atoms with Crippen molar-refractivity contribution in [2.24, 2.45) is 0 Å². The minimum Gasteiger partial charge on any atom is -0.593 e. The van der Waals surface area contributed by atoms with Crippen molar-refractivity contribution < 1.29 is 22.5 Å². The van der Waals surface area contributed by atoms with E-state index in [0.717, 1.165) is 50.9 Å². The molecule has 2 unspecified atom stereocenters. The van der Waals surface area contributed by atoms with Gasteiger partial charge in [0.05, 0.1) is 16.9 Å². The zero-order valence-corrected chi connectivity index (χ0v) is 20.2. The predicted molar refractivity (Wildman–Crippen MR) is 127 cm³/mol. The Balaban J connectivity index is 2.05. The Bertz CT molecular complexity index is 757. The molecule has 1 fully saturated rings. The summed E-state index contributed by atoms with van der Waals surface area (Å²) in [5.41, 5.74) is -0.694. The quantitative estimate of drug-likeness (QED) is 0.341. The van der Waals surface area contributed by atoms with E-state index < -0.39 is 29.1 Å². The normalized spacial score (nSPS) is 17.4. The summed E-state index contributed by atoms with van der Waals surface area (Å²) < 4.78 is 53.4. The number of nitrogens with zero attached hydrogens (tertiary/aromatic N) is 2. The molecular weight excluding hydrogens is 453 g/mol. The Labute approximate surface area is 197 Å². The molecule has 33 heavy (non-hydrogen) atoms. The molecule has 1 aliphatic rings. The molecule has 0 bridgehead atoms. The number of nitrogens with one attached hydrogen (secondary N) is 2. The van der Waals surface area contributed by atoms with Gasteiger partial charge in [-0.05, 0) is 57.4 Å². The fraction of sp³-hybridized carbons (Fsp3) is 0.609. The first-order valence-electron chi connectivity index (χ1n) is 11.4. The Morgan fingerprint density at radius 3 is 2.70 bits per heavy atom. The number of rotatable bonds is 11. The molecule has 0 spiro atoms. The van der Waals surface area contributed by atoms with Crippen LogP contribution in [-0.2, 0) is 17.5 Å². The largest absolute Gasteiger partial charge is 0.593 e. The number of hydrogen-bond acceptors (Lipinski definition) is 4. The third kappa shape index (κ3) is 8.84. The van der Waals surface area contributed by atoms with Crippen LogP contribution in [0, 0.1) is 0 Å². The van der Waals surface area contributed by atoms with Crippen LogP contribution in [0.2, 0.25) is 0 Å². The molecule has 186 valence electrons. The van der Waals surface area contributed by atoms with E-state index in [-0.39, 0.29) is 11.7 Å². The van der Waals surface area contributed by atoms with Gasteiger partial charge >= 0.3 is 12.2 Å². The number of hydrogen-bond donors (Lipinski definition) is 2. The zero-order valence-electron chi connectivity index (χ0n) is 19.4. The van der Waals surface area contributed by atoms with Crippen molar-refractivity contribution in [2.75, 3.05) is 31.5 Å². The average Bonchev–Trinajstić information content (AvgIpc) is 2.78. The number of anilines is 1. The SMILES string of the molecule is C=C[S+]([O-])NCCCN(C(=O)Nc1cccc(C(F)(F)F)c1)C1CCN(C(C)CCC)CC1. The maximum atomic E-state index is 13.1. The van der Waals surface area contributed by atoms with Crippen molar-refractivity contribution in [3.8, 4) is 0 Å². The summed E-state index contributed by atoms with van der Waals surface area (Å²) in [6.45, 7) is 10.4. The van der Waals surface area contributed by atoms with Crippen LogP contribution in [-0.4, -0.2) is 58.6 Å². The van der Waals surface area contributed by atoms with Gasteiger partial charge < -0.3 is 19.7 Å². The van der Waals surface area contributed by atoms with E-state index >= 15 is 0 Å². The van der Waals surface area contributed by atoms with E-state index in [1.807, 2.05) is 0 Å². The molecule has 0 aromatic heterocycles. The molecule has 2 amide bonds. The van der Waals surface area contributed by atoms with Crippen molar-refractivity contribution in [3.05, 3.63) is 41.8 Å². The van der Waals surface area contributed by atoms with Crippen molar-refractivity contribution in [1.82, 2.24) is 14.5 Å². The zero-order chi connectivity index (χ0) is 24.4. The summed E-state index contributed by atoms with van der Waals surface area (Å²) in [4.78, 5) is 17.2. The molecule has 1 aromatic carbocycles. The second-order valence-corrected chi connectivity index (χ2v) is 9.54. The highest BCUT2D eigenvalue weighted by Crippen LogP contribution is 2.31. The van der Waals surface area contributed by atoms with Gasteiger partial charge in [0.2, 0.25) is 0 Å². The molecule has 2 atom stereocenters. The molecule has 2 N–H and O–H groups in total. The molecular formula is C23H35F3N4O2S. The van der Waals surface area contributed by atoms with Crippen LogP contribution in [0.25, 0.3) is 0 Å². The molecule has 0 radical (unpaired) electrons. The van der Waals surface area contributed by atoms with Crippen LogP contribution in [0.15, 0.2) is 36.3 Å². The van der Waals surface area contributed by atoms with E-state index in [2.05, 4.69) is 35.4 Å². The minimum atomic E-state index is -4.48. The van der Waals surface area contributed by atoms with Gasteiger partial charge in [0.1, 0.15) is 5.41 Å².